The van der Waals surface area contributed by atoms with Gasteiger partial charge in [-0.05, 0) is 12.8 Å². The number of carbonyl (C=O) groups excluding carboxylic acids is 1. The molecule has 0 aromatic rings. The number of carbonyl (C=O) groups is 1. The molecule has 0 radical (unpaired) electrons. The lowest BCUT2D eigenvalue weighted by Crippen LogP contribution is -2.36. The molecule has 0 aliphatic heterocycles. The zero-order valence-electron chi connectivity index (χ0n) is 9.57. The van der Waals surface area contributed by atoms with E-state index in [1.807, 2.05) is 0 Å². The molecular weight excluding hydrogens is 176 g/mol. The quantitative estimate of drug-likeness (QED) is 0.581. The normalized spacial score (nSPS) is 9.86. The van der Waals surface area contributed by atoms with Crippen molar-refractivity contribution in [2.45, 2.75) is 52.4 Å². The SMILES string of the molecule is CCCCCCNC(=O)NCCCC. The molecule has 0 unspecified atom stereocenters. The van der Waals surface area contributed by atoms with Crippen LogP contribution in [0.15, 0.2) is 0 Å². The molecule has 0 aliphatic rings. The number of hydrogen-bond donors (Lipinski definition) is 2. The molecule has 84 valence electrons. The van der Waals surface area contributed by atoms with Gasteiger partial charge in [-0.1, -0.05) is 39.5 Å². The number of nitrogens with one attached hydrogen (secondary N) is 2. The van der Waals surface area contributed by atoms with Crippen molar-refractivity contribution >= 4 is 6.03 Å². The minimum absolute atomic E-state index is 0.0186. The monoisotopic (exact) mass is 200 g/mol. The molecule has 0 heterocycles. The van der Waals surface area contributed by atoms with Crippen LogP contribution >= 0.6 is 0 Å². The molecule has 0 rings (SSSR count). The van der Waals surface area contributed by atoms with Gasteiger partial charge in [-0.15, -0.1) is 0 Å². The fourth-order valence-corrected chi connectivity index (χ4v) is 1.19. The summed E-state index contributed by atoms with van der Waals surface area (Å²) in [6.45, 7) is 5.89. The van der Waals surface area contributed by atoms with E-state index in [0.717, 1.165) is 32.4 Å². The van der Waals surface area contributed by atoms with Crippen LogP contribution in [0.2, 0.25) is 0 Å². The second-order valence-electron chi connectivity index (χ2n) is 3.60. The third kappa shape index (κ3) is 9.36. The first-order valence-corrected chi connectivity index (χ1v) is 5.83. The summed E-state index contributed by atoms with van der Waals surface area (Å²) in [5.41, 5.74) is 0. The van der Waals surface area contributed by atoms with E-state index < -0.39 is 0 Å². The number of urea groups is 1. The van der Waals surface area contributed by atoms with E-state index in [9.17, 15) is 4.79 Å². The largest absolute Gasteiger partial charge is 0.338 e. The number of rotatable bonds is 8. The zero-order valence-corrected chi connectivity index (χ0v) is 9.57. The smallest absolute Gasteiger partial charge is 0.314 e. The fourth-order valence-electron chi connectivity index (χ4n) is 1.19. The van der Waals surface area contributed by atoms with Gasteiger partial charge in [0.15, 0.2) is 0 Å². The highest BCUT2D eigenvalue weighted by molar-refractivity contribution is 5.73. The Balaban J connectivity index is 3.10. The summed E-state index contributed by atoms with van der Waals surface area (Å²) in [5, 5.41) is 5.67. The van der Waals surface area contributed by atoms with Crippen LogP contribution in [0.25, 0.3) is 0 Å². The highest BCUT2D eigenvalue weighted by Crippen LogP contribution is 1.96. The molecule has 0 saturated heterocycles. The van der Waals surface area contributed by atoms with Gasteiger partial charge in [0.05, 0.1) is 0 Å². The van der Waals surface area contributed by atoms with Crippen molar-refractivity contribution in [2.24, 2.45) is 0 Å². The van der Waals surface area contributed by atoms with Crippen LogP contribution in [0.4, 0.5) is 4.79 Å². The zero-order chi connectivity index (χ0) is 10.6. The maximum atomic E-state index is 11.1. The third-order valence-corrected chi connectivity index (χ3v) is 2.13. The van der Waals surface area contributed by atoms with E-state index in [4.69, 9.17) is 0 Å². The average Bonchev–Trinajstić information content (AvgIpc) is 2.18. The molecule has 0 spiro atoms. The maximum absolute atomic E-state index is 11.1. The van der Waals surface area contributed by atoms with E-state index in [0.29, 0.717) is 0 Å². The molecule has 0 bridgehead atoms. The van der Waals surface area contributed by atoms with E-state index in [1.54, 1.807) is 0 Å². The molecule has 0 atom stereocenters. The van der Waals surface area contributed by atoms with Crippen LogP contribution in [0.1, 0.15) is 52.4 Å². The van der Waals surface area contributed by atoms with Crippen LogP contribution in [-0.4, -0.2) is 19.1 Å². The van der Waals surface area contributed by atoms with Gasteiger partial charge in [0.2, 0.25) is 0 Å². The lowest BCUT2D eigenvalue weighted by Gasteiger charge is -2.06. The molecule has 2 amide bonds. The molecule has 0 aromatic heterocycles. The van der Waals surface area contributed by atoms with Gasteiger partial charge >= 0.3 is 6.03 Å². The van der Waals surface area contributed by atoms with Crippen molar-refractivity contribution in [2.75, 3.05) is 13.1 Å². The first-order chi connectivity index (χ1) is 6.81. The first kappa shape index (κ1) is 13.3. The minimum Gasteiger partial charge on any atom is -0.338 e. The molecular formula is C11H24N2O. The Morgan fingerprint density at radius 1 is 0.857 bits per heavy atom. The summed E-state index contributed by atoms with van der Waals surface area (Å²) < 4.78 is 0. The standard InChI is InChI=1S/C11H24N2O/c1-3-5-7-8-10-13-11(14)12-9-6-4-2/h3-10H2,1-2H3,(H2,12,13,14). The maximum Gasteiger partial charge on any atom is 0.314 e. The number of amides is 2. The minimum atomic E-state index is -0.0186. The van der Waals surface area contributed by atoms with Crippen molar-refractivity contribution in [3.63, 3.8) is 0 Å². The third-order valence-electron chi connectivity index (χ3n) is 2.13. The predicted molar refractivity (Wildman–Crippen MR) is 60.5 cm³/mol. The van der Waals surface area contributed by atoms with Crippen LogP contribution in [0, 0.1) is 0 Å². The first-order valence-electron chi connectivity index (χ1n) is 5.83. The Morgan fingerprint density at radius 2 is 1.43 bits per heavy atom. The van der Waals surface area contributed by atoms with E-state index in [2.05, 4.69) is 24.5 Å². The molecule has 0 fully saturated rings. The summed E-state index contributed by atoms with van der Waals surface area (Å²) in [5.74, 6) is 0. The fraction of sp³-hybridized carbons (Fsp3) is 0.909. The van der Waals surface area contributed by atoms with E-state index in [1.165, 1.54) is 19.3 Å². The van der Waals surface area contributed by atoms with Crippen molar-refractivity contribution in [3.8, 4) is 0 Å². The van der Waals surface area contributed by atoms with Crippen LogP contribution in [0.5, 0.6) is 0 Å². The number of hydrogen-bond acceptors (Lipinski definition) is 1. The average molecular weight is 200 g/mol. The van der Waals surface area contributed by atoms with Gasteiger partial charge < -0.3 is 10.6 Å². The highest BCUT2D eigenvalue weighted by atomic mass is 16.2. The molecule has 0 aromatic carbocycles. The van der Waals surface area contributed by atoms with Gasteiger partial charge in [-0.3, -0.25) is 0 Å². The molecule has 0 saturated carbocycles. The Morgan fingerprint density at radius 3 is 2.00 bits per heavy atom. The Kier molecular flexibility index (Phi) is 9.81. The highest BCUT2D eigenvalue weighted by Gasteiger charge is 1.96. The second kappa shape index (κ2) is 10.4. The van der Waals surface area contributed by atoms with Gasteiger partial charge in [0.1, 0.15) is 0 Å². The van der Waals surface area contributed by atoms with Gasteiger partial charge in [-0.2, -0.15) is 0 Å². The summed E-state index contributed by atoms with van der Waals surface area (Å²) in [4.78, 5) is 11.1. The van der Waals surface area contributed by atoms with Crippen LogP contribution in [0.3, 0.4) is 0 Å². The van der Waals surface area contributed by atoms with Crippen molar-refractivity contribution in [1.82, 2.24) is 10.6 Å². The Hall–Kier alpha value is -0.730. The molecule has 2 N–H and O–H groups in total. The molecule has 3 nitrogen and oxygen atoms in total. The topological polar surface area (TPSA) is 41.1 Å². The van der Waals surface area contributed by atoms with Gasteiger partial charge in [-0.25, -0.2) is 4.79 Å². The molecule has 3 heteroatoms. The Bertz CT molecular complexity index is 137. The van der Waals surface area contributed by atoms with Crippen molar-refractivity contribution < 1.29 is 4.79 Å². The Labute approximate surface area is 87.6 Å². The van der Waals surface area contributed by atoms with Crippen molar-refractivity contribution in [3.05, 3.63) is 0 Å². The van der Waals surface area contributed by atoms with Crippen molar-refractivity contribution in [1.29, 1.82) is 0 Å². The van der Waals surface area contributed by atoms with Gasteiger partial charge in [0, 0.05) is 13.1 Å². The summed E-state index contributed by atoms with van der Waals surface area (Å²) in [6.07, 6.45) is 6.99. The lowest BCUT2D eigenvalue weighted by atomic mass is 10.2. The summed E-state index contributed by atoms with van der Waals surface area (Å²) in [6, 6.07) is -0.0186. The predicted octanol–water partition coefficient (Wildman–Crippen LogP) is 2.67. The number of unbranched alkanes of at least 4 members (excludes halogenated alkanes) is 4. The summed E-state index contributed by atoms with van der Waals surface area (Å²) in [7, 11) is 0. The van der Waals surface area contributed by atoms with E-state index in [-0.39, 0.29) is 6.03 Å². The molecule has 14 heavy (non-hydrogen) atoms. The molecule has 0 aliphatic carbocycles. The summed E-state index contributed by atoms with van der Waals surface area (Å²) >= 11 is 0. The second-order valence-corrected chi connectivity index (χ2v) is 3.60. The van der Waals surface area contributed by atoms with Crippen LogP contribution in [-0.2, 0) is 0 Å². The lowest BCUT2D eigenvalue weighted by molar-refractivity contribution is 0.240. The van der Waals surface area contributed by atoms with E-state index >= 15 is 0 Å². The van der Waals surface area contributed by atoms with Gasteiger partial charge in [0.25, 0.3) is 0 Å². The van der Waals surface area contributed by atoms with Crippen LogP contribution < -0.4 is 10.6 Å².